The Bertz CT molecular complexity index is 326. The van der Waals surface area contributed by atoms with Crippen molar-refractivity contribution >= 4 is 11.7 Å². The van der Waals surface area contributed by atoms with Gasteiger partial charge in [0.05, 0.1) is 19.8 Å². The van der Waals surface area contributed by atoms with Crippen LogP contribution >= 0.6 is 0 Å². The van der Waals surface area contributed by atoms with Gasteiger partial charge < -0.3 is 20.5 Å². The van der Waals surface area contributed by atoms with Crippen LogP contribution in [-0.4, -0.2) is 49.6 Å². The lowest BCUT2D eigenvalue weighted by Gasteiger charge is -2.04. The number of aromatic amines is 1. The minimum atomic E-state index is -0.250. The highest BCUT2D eigenvalue weighted by atomic mass is 16.5. The standard InChI is InChI=1S/C9H16N4O3/c1-15-4-5-16-3-2-11-9(14)7-6-8(10)13-12-7/h6H,2-5H2,1H3,(H,11,14)(H3,10,12,13). The molecule has 0 unspecified atom stereocenters. The van der Waals surface area contributed by atoms with Gasteiger partial charge in [-0.3, -0.25) is 9.89 Å². The van der Waals surface area contributed by atoms with E-state index in [1.54, 1.807) is 7.11 Å². The van der Waals surface area contributed by atoms with E-state index in [-0.39, 0.29) is 5.91 Å². The topological polar surface area (TPSA) is 102 Å². The van der Waals surface area contributed by atoms with Crippen LogP contribution in [0.5, 0.6) is 0 Å². The third-order valence-electron chi connectivity index (χ3n) is 1.81. The van der Waals surface area contributed by atoms with Crippen LogP contribution in [0.2, 0.25) is 0 Å². The fourth-order valence-corrected chi connectivity index (χ4v) is 1.03. The normalized spacial score (nSPS) is 10.3. The van der Waals surface area contributed by atoms with Crippen molar-refractivity contribution in [3.8, 4) is 0 Å². The molecule has 0 aliphatic heterocycles. The molecular formula is C9H16N4O3. The summed E-state index contributed by atoms with van der Waals surface area (Å²) in [4.78, 5) is 11.4. The van der Waals surface area contributed by atoms with Crippen molar-refractivity contribution in [2.75, 3.05) is 39.2 Å². The van der Waals surface area contributed by atoms with E-state index in [0.29, 0.717) is 37.9 Å². The number of nitrogen functional groups attached to an aromatic ring is 1. The summed E-state index contributed by atoms with van der Waals surface area (Å²) in [6.45, 7) is 1.94. The summed E-state index contributed by atoms with van der Waals surface area (Å²) in [5, 5.41) is 8.83. The van der Waals surface area contributed by atoms with Crippen molar-refractivity contribution in [1.29, 1.82) is 0 Å². The van der Waals surface area contributed by atoms with E-state index < -0.39 is 0 Å². The van der Waals surface area contributed by atoms with Gasteiger partial charge in [0.1, 0.15) is 11.5 Å². The molecule has 7 nitrogen and oxygen atoms in total. The number of anilines is 1. The van der Waals surface area contributed by atoms with E-state index in [9.17, 15) is 4.79 Å². The fraction of sp³-hybridized carbons (Fsp3) is 0.556. The quantitative estimate of drug-likeness (QED) is 0.540. The molecule has 0 fully saturated rings. The van der Waals surface area contributed by atoms with E-state index in [1.807, 2.05) is 0 Å². The largest absolute Gasteiger partial charge is 0.382 e. The van der Waals surface area contributed by atoms with Crippen LogP contribution in [0.25, 0.3) is 0 Å². The Balaban J connectivity index is 2.11. The molecule has 0 aromatic carbocycles. The zero-order chi connectivity index (χ0) is 11.8. The van der Waals surface area contributed by atoms with Crippen molar-refractivity contribution in [2.24, 2.45) is 0 Å². The first-order valence-corrected chi connectivity index (χ1v) is 4.90. The van der Waals surface area contributed by atoms with Gasteiger partial charge in [0.2, 0.25) is 0 Å². The number of carbonyl (C=O) groups is 1. The van der Waals surface area contributed by atoms with Gasteiger partial charge in [-0.15, -0.1) is 0 Å². The molecule has 0 saturated heterocycles. The lowest BCUT2D eigenvalue weighted by atomic mass is 10.4. The maximum Gasteiger partial charge on any atom is 0.269 e. The van der Waals surface area contributed by atoms with E-state index in [4.69, 9.17) is 15.2 Å². The second-order valence-electron chi connectivity index (χ2n) is 3.07. The maximum absolute atomic E-state index is 11.4. The number of aromatic nitrogens is 2. The molecular weight excluding hydrogens is 212 g/mol. The van der Waals surface area contributed by atoms with E-state index >= 15 is 0 Å². The minimum absolute atomic E-state index is 0.250. The van der Waals surface area contributed by atoms with Crippen LogP contribution < -0.4 is 11.1 Å². The highest BCUT2D eigenvalue weighted by molar-refractivity contribution is 5.92. The van der Waals surface area contributed by atoms with Gasteiger partial charge in [-0.2, -0.15) is 5.10 Å². The molecule has 1 heterocycles. The van der Waals surface area contributed by atoms with Crippen LogP contribution in [0, 0.1) is 0 Å². The van der Waals surface area contributed by atoms with Crippen molar-refractivity contribution in [3.63, 3.8) is 0 Å². The van der Waals surface area contributed by atoms with Crippen molar-refractivity contribution < 1.29 is 14.3 Å². The number of ether oxygens (including phenoxy) is 2. The molecule has 1 amide bonds. The molecule has 1 aromatic rings. The second kappa shape index (κ2) is 6.81. The summed E-state index contributed by atoms with van der Waals surface area (Å²) < 4.78 is 9.98. The fourth-order valence-electron chi connectivity index (χ4n) is 1.03. The summed E-state index contributed by atoms with van der Waals surface area (Å²) in [6.07, 6.45) is 0. The van der Waals surface area contributed by atoms with Crippen LogP contribution in [0.15, 0.2) is 6.07 Å². The molecule has 90 valence electrons. The molecule has 0 radical (unpaired) electrons. The maximum atomic E-state index is 11.4. The van der Waals surface area contributed by atoms with E-state index in [0.717, 1.165) is 0 Å². The van der Waals surface area contributed by atoms with Crippen LogP contribution in [-0.2, 0) is 9.47 Å². The average molecular weight is 228 g/mol. The van der Waals surface area contributed by atoms with Gasteiger partial charge in [0.15, 0.2) is 0 Å². The monoisotopic (exact) mass is 228 g/mol. The highest BCUT2D eigenvalue weighted by Crippen LogP contribution is 1.99. The highest BCUT2D eigenvalue weighted by Gasteiger charge is 2.07. The Hall–Kier alpha value is -1.60. The summed E-state index contributed by atoms with van der Waals surface area (Å²) in [5.74, 6) is 0.0426. The lowest BCUT2D eigenvalue weighted by Crippen LogP contribution is -2.27. The van der Waals surface area contributed by atoms with Crippen molar-refractivity contribution in [3.05, 3.63) is 11.8 Å². The van der Waals surface area contributed by atoms with Crippen LogP contribution in [0.4, 0.5) is 5.82 Å². The van der Waals surface area contributed by atoms with Gasteiger partial charge in [-0.25, -0.2) is 0 Å². The SMILES string of the molecule is COCCOCCNC(=O)c1cc(N)n[nH]1. The first kappa shape index (κ1) is 12.5. The molecule has 16 heavy (non-hydrogen) atoms. The number of H-pyrrole nitrogens is 1. The Labute approximate surface area is 93.3 Å². The third-order valence-corrected chi connectivity index (χ3v) is 1.81. The summed E-state index contributed by atoms with van der Waals surface area (Å²) in [6, 6.07) is 1.47. The average Bonchev–Trinajstić information content (AvgIpc) is 2.70. The number of amides is 1. The number of nitrogens with one attached hydrogen (secondary N) is 2. The van der Waals surface area contributed by atoms with Gasteiger partial charge in [-0.05, 0) is 0 Å². The van der Waals surface area contributed by atoms with Crippen LogP contribution in [0.3, 0.4) is 0 Å². The lowest BCUT2D eigenvalue weighted by molar-refractivity contribution is 0.0692. The molecule has 1 aromatic heterocycles. The molecule has 0 atom stereocenters. The zero-order valence-corrected chi connectivity index (χ0v) is 9.16. The summed E-state index contributed by atoms with van der Waals surface area (Å²) in [7, 11) is 1.60. The van der Waals surface area contributed by atoms with Gasteiger partial charge in [0, 0.05) is 19.7 Å². The van der Waals surface area contributed by atoms with Gasteiger partial charge >= 0.3 is 0 Å². The number of nitrogens with two attached hydrogens (primary N) is 1. The van der Waals surface area contributed by atoms with Crippen LogP contribution in [0.1, 0.15) is 10.5 Å². The van der Waals surface area contributed by atoms with Gasteiger partial charge in [-0.1, -0.05) is 0 Å². The summed E-state index contributed by atoms with van der Waals surface area (Å²) in [5.41, 5.74) is 5.71. The first-order chi connectivity index (χ1) is 7.74. The van der Waals surface area contributed by atoms with Crippen molar-refractivity contribution in [1.82, 2.24) is 15.5 Å². The number of carbonyl (C=O) groups excluding carboxylic acids is 1. The number of hydrogen-bond donors (Lipinski definition) is 3. The number of nitrogens with zero attached hydrogens (tertiary/aromatic N) is 1. The molecule has 0 saturated carbocycles. The molecule has 0 bridgehead atoms. The predicted octanol–water partition coefficient (Wildman–Crippen LogP) is -0.615. The first-order valence-electron chi connectivity index (χ1n) is 4.90. The Kier molecular flexibility index (Phi) is 5.30. The Morgan fingerprint density at radius 3 is 3.00 bits per heavy atom. The van der Waals surface area contributed by atoms with E-state index in [2.05, 4.69) is 15.5 Å². The molecule has 0 aliphatic rings. The van der Waals surface area contributed by atoms with E-state index in [1.165, 1.54) is 6.07 Å². The molecule has 1 rings (SSSR count). The predicted molar refractivity (Wildman–Crippen MR) is 58.0 cm³/mol. The molecule has 4 N–H and O–H groups in total. The number of methoxy groups -OCH3 is 1. The molecule has 7 heteroatoms. The molecule has 0 aliphatic carbocycles. The Morgan fingerprint density at radius 1 is 1.56 bits per heavy atom. The Morgan fingerprint density at radius 2 is 2.38 bits per heavy atom. The number of hydrogen-bond acceptors (Lipinski definition) is 5. The van der Waals surface area contributed by atoms with Crippen molar-refractivity contribution in [2.45, 2.75) is 0 Å². The van der Waals surface area contributed by atoms with Gasteiger partial charge in [0.25, 0.3) is 5.91 Å². The summed E-state index contributed by atoms with van der Waals surface area (Å²) >= 11 is 0. The zero-order valence-electron chi connectivity index (χ0n) is 9.16. The second-order valence-corrected chi connectivity index (χ2v) is 3.07. The molecule has 0 spiro atoms. The number of rotatable bonds is 7. The third kappa shape index (κ3) is 4.28. The minimum Gasteiger partial charge on any atom is -0.382 e. The smallest absolute Gasteiger partial charge is 0.269 e.